The highest BCUT2D eigenvalue weighted by Gasteiger charge is 2.13. The molecule has 0 spiro atoms. The number of aromatic carboxylic acids is 1. The average Bonchev–Trinajstić information content (AvgIpc) is 3.19. The van der Waals surface area contributed by atoms with Gasteiger partial charge in [-0.05, 0) is 47.3 Å². The zero-order valence-corrected chi connectivity index (χ0v) is 17.2. The lowest BCUT2D eigenvalue weighted by Gasteiger charge is -2.15. The lowest BCUT2D eigenvalue weighted by atomic mass is 10.1. The van der Waals surface area contributed by atoms with E-state index < -0.39 is 5.97 Å². The number of ether oxygens (including phenoxy) is 2. The van der Waals surface area contributed by atoms with Gasteiger partial charge in [0.05, 0.1) is 28.4 Å². The molecule has 3 aromatic rings. The van der Waals surface area contributed by atoms with E-state index in [2.05, 4.69) is 5.32 Å². The summed E-state index contributed by atoms with van der Waals surface area (Å²) < 4.78 is 11.3. The first kappa shape index (κ1) is 20.3. The summed E-state index contributed by atoms with van der Waals surface area (Å²) in [5.41, 5.74) is 1.51. The molecule has 0 aliphatic rings. The zero-order chi connectivity index (χ0) is 20.1. The van der Waals surface area contributed by atoms with Gasteiger partial charge in [0.1, 0.15) is 6.61 Å². The third-order valence-corrected chi connectivity index (χ3v) is 5.38. The van der Waals surface area contributed by atoms with Crippen LogP contribution in [0, 0.1) is 0 Å². The van der Waals surface area contributed by atoms with Crippen LogP contribution in [0.4, 0.5) is 5.69 Å². The van der Waals surface area contributed by atoms with Crippen molar-refractivity contribution >= 4 is 46.2 Å². The Labute approximate surface area is 176 Å². The van der Waals surface area contributed by atoms with Gasteiger partial charge in [-0.15, -0.1) is 11.3 Å². The topological polar surface area (TPSA) is 67.8 Å². The number of nitrogens with one attached hydrogen (secondary N) is 1. The first-order valence-corrected chi connectivity index (χ1v) is 9.90. The van der Waals surface area contributed by atoms with Gasteiger partial charge in [-0.25, -0.2) is 4.79 Å². The van der Waals surface area contributed by atoms with Gasteiger partial charge in [-0.3, -0.25) is 0 Å². The van der Waals surface area contributed by atoms with Crippen molar-refractivity contribution in [2.24, 2.45) is 0 Å². The molecule has 8 heteroatoms. The second kappa shape index (κ2) is 9.19. The van der Waals surface area contributed by atoms with E-state index in [1.807, 2.05) is 23.6 Å². The summed E-state index contributed by atoms with van der Waals surface area (Å²) in [4.78, 5) is 12.2. The molecule has 0 aliphatic carbocycles. The van der Waals surface area contributed by atoms with Crippen LogP contribution in [0.5, 0.6) is 11.5 Å². The fourth-order valence-electron chi connectivity index (χ4n) is 2.54. The molecule has 0 radical (unpaired) electrons. The Kier molecular flexibility index (Phi) is 6.67. The smallest absolute Gasteiger partial charge is 0.335 e. The Hall–Kier alpha value is -2.41. The number of hydrogen-bond donors (Lipinski definition) is 2. The maximum Gasteiger partial charge on any atom is 0.335 e. The number of halogens is 2. The number of methoxy groups -OCH3 is 1. The van der Waals surface area contributed by atoms with Crippen molar-refractivity contribution in [3.8, 4) is 11.5 Å². The number of carboxylic acid groups (broad SMARTS) is 1. The van der Waals surface area contributed by atoms with Crippen LogP contribution in [-0.2, 0) is 13.2 Å². The molecular weight excluding hydrogens is 421 g/mol. The van der Waals surface area contributed by atoms with Gasteiger partial charge >= 0.3 is 5.97 Å². The highest BCUT2D eigenvalue weighted by Crippen LogP contribution is 2.37. The summed E-state index contributed by atoms with van der Waals surface area (Å²) >= 11 is 14.1. The van der Waals surface area contributed by atoms with Gasteiger partial charge in [0, 0.05) is 11.4 Å². The largest absolute Gasteiger partial charge is 0.493 e. The monoisotopic (exact) mass is 437 g/mol. The second-order valence-corrected chi connectivity index (χ2v) is 7.68. The predicted octanol–water partition coefficient (Wildman–Crippen LogP) is 5.95. The number of carbonyl (C=O) groups is 1. The third kappa shape index (κ3) is 4.90. The number of benzene rings is 2. The van der Waals surface area contributed by atoms with Crippen molar-refractivity contribution in [2.75, 3.05) is 12.4 Å². The van der Waals surface area contributed by atoms with Gasteiger partial charge in [0.2, 0.25) is 0 Å². The summed E-state index contributed by atoms with van der Waals surface area (Å²) in [6.45, 7) is 0.785. The van der Waals surface area contributed by atoms with Gasteiger partial charge in [0.25, 0.3) is 0 Å². The molecule has 0 bridgehead atoms. The Balaban J connectivity index is 1.75. The van der Waals surface area contributed by atoms with Crippen molar-refractivity contribution in [3.05, 3.63) is 73.9 Å². The molecule has 2 N–H and O–H groups in total. The van der Waals surface area contributed by atoms with Gasteiger partial charge in [-0.2, -0.15) is 0 Å². The van der Waals surface area contributed by atoms with Crippen LogP contribution in [0.1, 0.15) is 20.8 Å². The fourth-order valence-corrected chi connectivity index (χ4v) is 3.63. The SMILES string of the molecule is COc1cc(CNc2cc(C(=O)O)ccc2Cl)cc(Cl)c1OCc1cccs1. The Morgan fingerprint density at radius 2 is 2.00 bits per heavy atom. The van der Waals surface area contributed by atoms with Gasteiger partial charge < -0.3 is 19.9 Å². The van der Waals surface area contributed by atoms with Crippen LogP contribution in [0.15, 0.2) is 47.8 Å². The van der Waals surface area contributed by atoms with Crippen LogP contribution in [0.3, 0.4) is 0 Å². The first-order valence-electron chi connectivity index (χ1n) is 8.26. The van der Waals surface area contributed by atoms with Crippen LogP contribution < -0.4 is 14.8 Å². The summed E-state index contributed by atoms with van der Waals surface area (Å²) in [6.07, 6.45) is 0. The van der Waals surface area contributed by atoms with E-state index in [9.17, 15) is 4.79 Å². The first-order chi connectivity index (χ1) is 13.5. The Bertz CT molecular complexity index is 977. The molecule has 0 saturated carbocycles. The lowest BCUT2D eigenvalue weighted by Crippen LogP contribution is -2.04. The van der Waals surface area contributed by atoms with Gasteiger partial charge in [0.15, 0.2) is 11.5 Å². The highest BCUT2D eigenvalue weighted by atomic mass is 35.5. The molecule has 1 heterocycles. The van der Waals surface area contributed by atoms with E-state index in [4.69, 9.17) is 37.8 Å². The van der Waals surface area contributed by atoms with E-state index in [0.29, 0.717) is 40.4 Å². The Morgan fingerprint density at radius 1 is 1.18 bits per heavy atom. The average molecular weight is 438 g/mol. The number of anilines is 1. The molecule has 146 valence electrons. The van der Waals surface area contributed by atoms with Crippen LogP contribution >= 0.6 is 34.5 Å². The quantitative estimate of drug-likeness (QED) is 0.455. The molecule has 3 rings (SSSR count). The van der Waals surface area contributed by atoms with Crippen LogP contribution in [0.2, 0.25) is 10.0 Å². The minimum Gasteiger partial charge on any atom is -0.493 e. The lowest BCUT2D eigenvalue weighted by molar-refractivity contribution is 0.0697. The van der Waals surface area contributed by atoms with Crippen molar-refractivity contribution in [2.45, 2.75) is 13.2 Å². The number of rotatable bonds is 8. The number of hydrogen-bond acceptors (Lipinski definition) is 5. The van der Waals surface area contributed by atoms with Crippen LogP contribution in [0.25, 0.3) is 0 Å². The molecular formula is C20H17Cl2NO4S. The zero-order valence-electron chi connectivity index (χ0n) is 14.9. The molecule has 0 atom stereocenters. The van der Waals surface area contributed by atoms with Crippen LogP contribution in [-0.4, -0.2) is 18.2 Å². The molecule has 0 unspecified atom stereocenters. The standard InChI is InChI=1S/C20H17Cl2NO4S/c1-26-18-8-12(7-16(22)19(18)27-11-14-3-2-6-28-14)10-23-17-9-13(20(24)25)4-5-15(17)21/h2-9,23H,10-11H2,1H3,(H,24,25). The molecule has 1 aromatic heterocycles. The van der Waals surface area contributed by atoms with Crippen molar-refractivity contribution < 1.29 is 19.4 Å². The summed E-state index contributed by atoms with van der Waals surface area (Å²) in [5.74, 6) is -0.0184. The van der Waals surface area contributed by atoms with E-state index >= 15 is 0 Å². The van der Waals surface area contributed by atoms with Crippen molar-refractivity contribution in [3.63, 3.8) is 0 Å². The number of carboxylic acids is 1. The minimum atomic E-state index is -1.02. The highest BCUT2D eigenvalue weighted by molar-refractivity contribution is 7.09. The maximum absolute atomic E-state index is 11.1. The number of thiophene rings is 1. The normalized spacial score (nSPS) is 10.5. The van der Waals surface area contributed by atoms with E-state index in [0.717, 1.165) is 10.4 Å². The molecule has 0 fully saturated rings. The van der Waals surface area contributed by atoms with Gasteiger partial charge in [-0.1, -0.05) is 29.3 Å². The summed E-state index contributed by atoms with van der Waals surface area (Å²) in [5, 5.41) is 15.1. The minimum absolute atomic E-state index is 0.153. The summed E-state index contributed by atoms with van der Waals surface area (Å²) in [6, 6.07) is 12.0. The molecule has 0 amide bonds. The molecule has 28 heavy (non-hydrogen) atoms. The second-order valence-electron chi connectivity index (χ2n) is 5.83. The van der Waals surface area contributed by atoms with E-state index in [-0.39, 0.29) is 5.56 Å². The molecule has 0 aliphatic heterocycles. The maximum atomic E-state index is 11.1. The third-order valence-electron chi connectivity index (χ3n) is 3.92. The molecule has 5 nitrogen and oxygen atoms in total. The fraction of sp³-hybridized carbons (Fsp3) is 0.150. The van der Waals surface area contributed by atoms with E-state index in [1.165, 1.54) is 12.1 Å². The molecule has 0 saturated heterocycles. The summed E-state index contributed by atoms with van der Waals surface area (Å²) in [7, 11) is 1.55. The van der Waals surface area contributed by atoms with Crippen molar-refractivity contribution in [1.29, 1.82) is 0 Å². The molecule has 2 aromatic carbocycles. The Morgan fingerprint density at radius 3 is 2.68 bits per heavy atom. The van der Waals surface area contributed by atoms with Crippen molar-refractivity contribution in [1.82, 2.24) is 0 Å². The van der Waals surface area contributed by atoms with E-state index in [1.54, 1.807) is 30.6 Å². The predicted molar refractivity (Wildman–Crippen MR) is 112 cm³/mol.